The SMILES string of the molecule is COCCS(=O)(=O)c1ccc(C(=O)N2CCOCC2C(=O)O)cc1. The van der Waals surface area contributed by atoms with Crippen LogP contribution in [0.5, 0.6) is 0 Å². The van der Waals surface area contributed by atoms with Crippen molar-refractivity contribution in [2.24, 2.45) is 0 Å². The van der Waals surface area contributed by atoms with Gasteiger partial charge in [-0.25, -0.2) is 13.2 Å². The van der Waals surface area contributed by atoms with Gasteiger partial charge in [0.1, 0.15) is 0 Å². The number of carbonyl (C=O) groups is 2. The third kappa shape index (κ3) is 4.11. The number of methoxy groups -OCH3 is 1. The molecule has 132 valence electrons. The minimum atomic E-state index is -3.48. The van der Waals surface area contributed by atoms with E-state index in [2.05, 4.69) is 0 Å². The Morgan fingerprint density at radius 1 is 1.33 bits per heavy atom. The zero-order valence-corrected chi connectivity index (χ0v) is 14.0. The fourth-order valence-electron chi connectivity index (χ4n) is 2.33. The minimum absolute atomic E-state index is 0.0649. The second kappa shape index (κ2) is 7.73. The predicted molar refractivity (Wildman–Crippen MR) is 83.7 cm³/mol. The predicted octanol–water partition coefficient (Wildman–Crippen LogP) is 0.0323. The Morgan fingerprint density at radius 3 is 2.58 bits per heavy atom. The number of amides is 1. The molecule has 0 saturated carbocycles. The first-order chi connectivity index (χ1) is 11.4. The van der Waals surface area contributed by atoms with Crippen molar-refractivity contribution < 1.29 is 32.6 Å². The van der Waals surface area contributed by atoms with Gasteiger partial charge in [0.25, 0.3) is 5.91 Å². The molecular weight excluding hydrogens is 338 g/mol. The van der Waals surface area contributed by atoms with E-state index in [1.54, 1.807) is 0 Å². The van der Waals surface area contributed by atoms with Crippen molar-refractivity contribution in [2.75, 3.05) is 39.2 Å². The number of carboxylic acid groups (broad SMARTS) is 1. The van der Waals surface area contributed by atoms with Crippen LogP contribution in [0.3, 0.4) is 0 Å². The molecule has 1 unspecified atom stereocenters. The molecule has 24 heavy (non-hydrogen) atoms. The van der Waals surface area contributed by atoms with E-state index in [4.69, 9.17) is 9.47 Å². The Labute approximate surface area is 139 Å². The van der Waals surface area contributed by atoms with Crippen LogP contribution in [0.4, 0.5) is 0 Å². The molecule has 1 aliphatic rings. The summed E-state index contributed by atoms with van der Waals surface area (Å²) in [6.07, 6.45) is 0. The summed E-state index contributed by atoms with van der Waals surface area (Å²) in [5, 5.41) is 9.17. The van der Waals surface area contributed by atoms with E-state index in [-0.39, 0.29) is 42.6 Å². The Morgan fingerprint density at radius 2 is 2.00 bits per heavy atom. The first-order valence-electron chi connectivity index (χ1n) is 7.30. The molecule has 0 aromatic heterocycles. The third-order valence-electron chi connectivity index (χ3n) is 3.69. The molecule has 8 nitrogen and oxygen atoms in total. The van der Waals surface area contributed by atoms with Crippen LogP contribution in [0.1, 0.15) is 10.4 Å². The van der Waals surface area contributed by atoms with Gasteiger partial charge in [-0.3, -0.25) is 4.79 Å². The number of carboxylic acids is 1. The van der Waals surface area contributed by atoms with E-state index in [0.29, 0.717) is 0 Å². The lowest BCUT2D eigenvalue weighted by molar-refractivity contribution is -0.147. The van der Waals surface area contributed by atoms with Crippen molar-refractivity contribution in [2.45, 2.75) is 10.9 Å². The molecular formula is C15H19NO7S. The number of rotatable bonds is 6. The second-order valence-electron chi connectivity index (χ2n) is 5.26. The smallest absolute Gasteiger partial charge is 0.328 e. The van der Waals surface area contributed by atoms with Gasteiger partial charge in [-0.05, 0) is 24.3 Å². The van der Waals surface area contributed by atoms with Crippen LogP contribution in [0.2, 0.25) is 0 Å². The summed E-state index contributed by atoms with van der Waals surface area (Å²) in [6.45, 7) is 0.449. The van der Waals surface area contributed by atoms with E-state index >= 15 is 0 Å². The molecule has 1 heterocycles. The maximum absolute atomic E-state index is 12.5. The average Bonchev–Trinajstić information content (AvgIpc) is 2.59. The van der Waals surface area contributed by atoms with Gasteiger partial charge in [-0.15, -0.1) is 0 Å². The Hall–Kier alpha value is -1.97. The second-order valence-corrected chi connectivity index (χ2v) is 7.37. The average molecular weight is 357 g/mol. The Kier molecular flexibility index (Phi) is 5.92. The monoisotopic (exact) mass is 357 g/mol. The molecule has 1 saturated heterocycles. The Balaban J connectivity index is 2.18. The minimum Gasteiger partial charge on any atom is -0.480 e. The van der Waals surface area contributed by atoms with Crippen molar-refractivity contribution in [1.29, 1.82) is 0 Å². The van der Waals surface area contributed by atoms with E-state index in [1.807, 2.05) is 0 Å². The maximum atomic E-state index is 12.5. The lowest BCUT2D eigenvalue weighted by atomic mass is 10.1. The number of aliphatic carboxylic acids is 1. The van der Waals surface area contributed by atoms with Crippen LogP contribution in [0.15, 0.2) is 29.2 Å². The van der Waals surface area contributed by atoms with Crippen LogP contribution >= 0.6 is 0 Å². The summed E-state index contributed by atoms with van der Waals surface area (Å²) in [4.78, 5) is 25.0. The molecule has 0 bridgehead atoms. The first-order valence-corrected chi connectivity index (χ1v) is 8.95. The number of hydrogen-bond acceptors (Lipinski definition) is 6. The van der Waals surface area contributed by atoms with Gasteiger partial charge >= 0.3 is 5.97 Å². The summed E-state index contributed by atoms with van der Waals surface area (Å²) in [6, 6.07) is 4.41. The van der Waals surface area contributed by atoms with E-state index < -0.39 is 27.8 Å². The fourth-order valence-corrected chi connectivity index (χ4v) is 3.51. The normalized spacial score (nSPS) is 18.4. The maximum Gasteiger partial charge on any atom is 0.328 e. The largest absolute Gasteiger partial charge is 0.480 e. The Bertz CT molecular complexity index is 699. The number of ether oxygens (including phenoxy) is 2. The molecule has 1 amide bonds. The molecule has 1 N–H and O–H groups in total. The summed E-state index contributed by atoms with van der Waals surface area (Å²) in [5.41, 5.74) is 0.230. The molecule has 1 aromatic carbocycles. The van der Waals surface area contributed by atoms with Gasteiger partial charge in [0, 0.05) is 19.2 Å². The first kappa shape index (κ1) is 18.4. The van der Waals surface area contributed by atoms with Gasteiger partial charge < -0.3 is 19.5 Å². The lowest BCUT2D eigenvalue weighted by Gasteiger charge is -2.32. The summed E-state index contributed by atoms with van der Waals surface area (Å²) >= 11 is 0. The lowest BCUT2D eigenvalue weighted by Crippen LogP contribution is -2.52. The van der Waals surface area contributed by atoms with Crippen molar-refractivity contribution in [3.05, 3.63) is 29.8 Å². The fraction of sp³-hybridized carbons (Fsp3) is 0.467. The number of morpholine rings is 1. The molecule has 2 rings (SSSR count). The van der Waals surface area contributed by atoms with Crippen LogP contribution in [-0.2, 0) is 24.1 Å². The molecule has 9 heteroatoms. The van der Waals surface area contributed by atoms with Gasteiger partial charge in [0.05, 0.1) is 30.5 Å². The van der Waals surface area contributed by atoms with Crippen molar-refractivity contribution >= 4 is 21.7 Å². The van der Waals surface area contributed by atoms with Crippen LogP contribution < -0.4 is 0 Å². The highest BCUT2D eigenvalue weighted by Crippen LogP contribution is 2.16. The van der Waals surface area contributed by atoms with Crippen molar-refractivity contribution in [3.8, 4) is 0 Å². The summed E-state index contributed by atoms with van der Waals surface area (Å²) < 4.78 is 34.0. The summed E-state index contributed by atoms with van der Waals surface area (Å²) in [7, 11) is -2.06. The molecule has 1 aliphatic heterocycles. The molecule has 0 spiro atoms. The van der Waals surface area contributed by atoms with Crippen LogP contribution in [-0.4, -0.2) is 75.6 Å². The number of sulfone groups is 1. The van der Waals surface area contributed by atoms with Gasteiger partial charge in [-0.2, -0.15) is 0 Å². The molecule has 0 radical (unpaired) electrons. The highest BCUT2D eigenvalue weighted by molar-refractivity contribution is 7.91. The number of carbonyl (C=O) groups excluding carboxylic acids is 1. The van der Waals surface area contributed by atoms with E-state index in [9.17, 15) is 23.1 Å². The van der Waals surface area contributed by atoms with E-state index in [0.717, 1.165) is 0 Å². The van der Waals surface area contributed by atoms with E-state index in [1.165, 1.54) is 36.3 Å². The molecule has 1 aromatic rings. The zero-order valence-electron chi connectivity index (χ0n) is 13.2. The third-order valence-corrected chi connectivity index (χ3v) is 5.39. The number of hydrogen-bond donors (Lipinski definition) is 1. The molecule has 1 fully saturated rings. The standard InChI is InChI=1S/C15H19NO7S/c1-22-8-9-24(20,21)12-4-2-11(3-5-12)14(17)16-6-7-23-10-13(16)15(18)19/h2-5,13H,6-10H2,1H3,(H,18,19). The van der Waals surface area contributed by atoms with Gasteiger partial charge in [0.2, 0.25) is 0 Å². The van der Waals surface area contributed by atoms with Crippen molar-refractivity contribution in [1.82, 2.24) is 4.90 Å². The number of benzene rings is 1. The summed E-state index contributed by atoms with van der Waals surface area (Å²) in [5.74, 6) is -1.75. The van der Waals surface area contributed by atoms with Crippen LogP contribution in [0, 0.1) is 0 Å². The van der Waals surface area contributed by atoms with Crippen LogP contribution in [0.25, 0.3) is 0 Å². The zero-order chi connectivity index (χ0) is 17.7. The quantitative estimate of drug-likeness (QED) is 0.765. The van der Waals surface area contributed by atoms with Gasteiger partial charge in [0.15, 0.2) is 15.9 Å². The number of nitrogens with zero attached hydrogens (tertiary/aromatic N) is 1. The molecule has 0 aliphatic carbocycles. The highest BCUT2D eigenvalue weighted by atomic mass is 32.2. The highest BCUT2D eigenvalue weighted by Gasteiger charge is 2.33. The molecule has 1 atom stereocenters. The van der Waals surface area contributed by atoms with Gasteiger partial charge in [-0.1, -0.05) is 0 Å². The topological polar surface area (TPSA) is 110 Å². The van der Waals surface area contributed by atoms with Crippen molar-refractivity contribution in [3.63, 3.8) is 0 Å².